The first-order chi connectivity index (χ1) is 19.0. The minimum absolute atomic E-state index is 0.108. The minimum Gasteiger partial charge on any atom is -0.496 e. The lowest BCUT2D eigenvalue weighted by molar-refractivity contribution is -0.218. The summed E-state index contributed by atoms with van der Waals surface area (Å²) in [7, 11) is 8.29. The van der Waals surface area contributed by atoms with Crippen LogP contribution in [-0.4, -0.2) is 109 Å². The summed E-state index contributed by atoms with van der Waals surface area (Å²) in [6, 6.07) is 6.22. The second-order valence-electron chi connectivity index (χ2n) is 9.10. The van der Waals surface area contributed by atoms with Gasteiger partial charge in [0, 0.05) is 24.0 Å². The molecule has 2 aromatic rings. The summed E-state index contributed by atoms with van der Waals surface area (Å²) < 4.78 is 32.5. The second kappa shape index (κ2) is 13.9. The Hall–Kier alpha value is -3.26. The first kappa shape index (κ1) is 32.9. The first-order valence-corrected chi connectivity index (χ1v) is 12.3. The molecule has 40 heavy (non-hydrogen) atoms. The molecule has 0 fully saturated rings. The topological polar surface area (TPSA) is 177 Å². The monoisotopic (exact) mass is 568 g/mol. The smallest absolute Gasteiger partial charge is 0.167 e. The van der Waals surface area contributed by atoms with Crippen LogP contribution >= 0.6 is 0 Å². The maximum absolute atomic E-state index is 12.0. The molecule has 0 radical (unpaired) electrons. The largest absolute Gasteiger partial charge is 0.496 e. The summed E-state index contributed by atoms with van der Waals surface area (Å²) >= 11 is 0. The van der Waals surface area contributed by atoms with Gasteiger partial charge in [0.15, 0.2) is 23.0 Å². The summed E-state index contributed by atoms with van der Waals surface area (Å²) in [6.07, 6.45) is -6.45. The molecule has 6 N–H and O–H groups in total. The molecular weight excluding hydrogens is 528 g/mol. The normalized spacial score (nSPS) is 16.5. The van der Waals surface area contributed by atoms with Gasteiger partial charge >= 0.3 is 0 Å². The van der Waals surface area contributed by atoms with Gasteiger partial charge in [0.25, 0.3) is 0 Å². The highest BCUT2D eigenvalue weighted by molar-refractivity contribution is 5.56. The van der Waals surface area contributed by atoms with Crippen LogP contribution < -0.4 is 28.4 Å². The predicted octanol–water partition coefficient (Wildman–Crippen LogP) is 0.247. The van der Waals surface area contributed by atoms with E-state index in [4.69, 9.17) is 28.4 Å². The van der Waals surface area contributed by atoms with Crippen LogP contribution in [0, 0.1) is 0 Å². The average molecular weight is 569 g/mol. The van der Waals surface area contributed by atoms with Crippen molar-refractivity contribution >= 4 is 0 Å². The van der Waals surface area contributed by atoms with E-state index in [0.717, 1.165) is 6.08 Å². The quantitative estimate of drug-likeness (QED) is 0.152. The molecule has 2 rings (SSSR count). The molecular formula is C28H40O12. The summed E-state index contributed by atoms with van der Waals surface area (Å²) in [5, 5.41) is 66.5. The standard InChI is InChI=1S/C28H40O12/c1-8-27(33,13-16-19(35-2)9-11-21(37-4)23(16)39-6)26(32)28(34,25(31)18(30)15-29)14-17-20(36-3)10-12-22(38-5)24(17)40-7/h8-12,18,25-26,29-34H,1,13-15H2,2-7H3/t18-,25+,26+,27?,28+/m0/s1. The van der Waals surface area contributed by atoms with E-state index in [1.165, 1.54) is 48.7 Å². The minimum atomic E-state index is -2.74. The van der Waals surface area contributed by atoms with Crippen LogP contribution in [0.5, 0.6) is 34.5 Å². The third-order valence-corrected chi connectivity index (χ3v) is 6.93. The van der Waals surface area contributed by atoms with E-state index in [2.05, 4.69) is 6.58 Å². The number of methoxy groups -OCH3 is 6. The molecule has 0 saturated heterocycles. The van der Waals surface area contributed by atoms with Crippen molar-refractivity contribution in [3.8, 4) is 34.5 Å². The van der Waals surface area contributed by atoms with Gasteiger partial charge in [-0.1, -0.05) is 6.08 Å². The first-order valence-electron chi connectivity index (χ1n) is 12.3. The van der Waals surface area contributed by atoms with E-state index in [-0.39, 0.29) is 39.9 Å². The van der Waals surface area contributed by atoms with Crippen LogP contribution in [-0.2, 0) is 12.8 Å². The molecule has 0 bridgehead atoms. The van der Waals surface area contributed by atoms with E-state index in [1.54, 1.807) is 18.2 Å². The van der Waals surface area contributed by atoms with Crippen molar-refractivity contribution in [3.05, 3.63) is 48.0 Å². The Bertz CT molecular complexity index is 1140. The van der Waals surface area contributed by atoms with Crippen molar-refractivity contribution in [2.45, 2.75) is 42.4 Å². The molecule has 0 spiro atoms. The second-order valence-corrected chi connectivity index (χ2v) is 9.10. The van der Waals surface area contributed by atoms with Gasteiger partial charge in [-0.25, -0.2) is 0 Å². The lowest BCUT2D eigenvalue weighted by atomic mass is 9.72. The number of hydrogen-bond donors (Lipinski definition) is 6. The van der Waals surface area contributed by atoms with Crippen molar-refractivity contribution in [2.75, 3.05) is 49.3 Å². The van der Waals surface area contributed by atoms with Crippen molar-refractivity contribution in [2.24, 2.45) is 0 Å². The molecule has 0 heterocycles. The Morgan fingerprint density at radius 1 is 0.700 bits per heavy atom. The van der Waals surface area contributed by atoms with E-state index < -0.39 is 49.0 Å². The summed E-state index contributed by atoms with van der Waals surface area (Å²) in [4.78, 5) is 0. The molecule has 12 nitrogen and oxygen atoms in total. The number of aliphatic hydroxyl groups excluding tert-OH is 4. The van der Waals surface area contributed by atoms with Crippen LogP contribution in [0.3, 0.4) is 0 Å². The predicted molar refractivity (Wildman–Crippen MR) is 145 cm³/mol. The molecule has 1 unspecified atom stereocenters. The van der Waals surface area contributed by atoms with Gasteiger partial charge in [-0.05, 0) is 24.3 Å². The van der Waals surface area contributed by atoms with Gasteiger partial charge in [0.05, 0.1) is 49.3 Å². The number of benzene rings is 2. The summed E-state index contributed by atoms with van der Waals surface area (Å²) in [5.41, 5.74) is -4.73. The van der Waals surface area contributed by atoms with Crippen LogP contribution in [0.2, 0.25) is 0 Å². The highest BCUT2D eigenvalue weighted by Crippen LogP contribution is 2.44. The Morgan fingerprint density at radius 2 is 1.10 bits per heavy atom. The van der Waals surface area contributed by atoms with Crippen LogP contribution in [0.4, 0.5) is 0 Å². The fourth-order valence-corrected chi connectivity index (χ4v) is 4.74. The van der Waals surface area contributed by atoms with Crippen LogP contribution in [0.15, 0.2) is 36.9 Å². The van der Waals surface area contributed by atoms with Gasteiger partial charge in [-0.2, -0.15) is 0 Å². The van der Waals surface area contributed by atoms with Crippen molar-refractivity contribution in [1.29, 1.82) is 0 Å². The third kappa shape index (κ3) is 6.22. The molecule has 0 aliphatic carbocycles. The molecule has 2 aromatic carbocycles. The van der Waals surface area contributed by atoms with Crippen molar-refractivity contribution in [1.82, 2.24) is 0 Å². The zero-order valence-electron chi connectivity index (χ0n) is 23.6. The maximum Gasteiger partial charge on any atom is 0.167 e. The lowest BCUT2D eigenvalue weighted by Gasteiger charge is -2.45. The SMILES string of the molecule is C=CC(O)(Cc1c(OC)ccc(OC)c1OC)[C@@H](O)[C@@](O)(Cc1c(OC)ccc(OC)c1OC)[C@H](O)[C@@H](O)CO. The Morgan fingerprint density at radius 3 is 1.45 bits per heavy atom. The van der Waals surface area contributed by atoms with Gasteiger partial charge in [0.1, 0.15) is 41.0 Å². The zero-order valence-corrected chi connectivity index (χ0v) is 23.6. The van der Waals surface area contributed by atoms with Crippen LogP contribution in [0.1, 0.15) is 11.1 Å². The fourth-order valence-electron chi connectivity index (χ4n) is 4.74. The highest BCUT2D eigenvalue weighted by atomic mass is 16.5. The molecule has 0 aliphatic heterocycles. The average Bonchev–Trinajstić information content (AvgIpc) is 2.98. The third-order valence-electron chi connectivity index (χ3n) is 6.93. The maximum atomic E-state index is 12.0. The number of aliphatic hydroxyl groups is 6. The highest BCUT2D eigenvalue weighted by Gasteiger charge is 2.54. The van der Waals surface area contributed by atoms with Gasteiger partial charge < -0.3 is 59.1 Å². The van der Waals surface area contributed by atoms with Crippen molar-refractivity contribution < 1.29 is 59.1 Å². The van der Waals surface area contributed by atoms with E-state index in [1.807, 2.05) is 0 Å². The molecule has 5 atom stereocenters. The number of ether oxygens (including phenoxy) is 6. The number of rotatable bonds is 16. The molecule has 0 saturated carbocycles. The van der Waals surface area contributed by atoms with E-state index in [9.17, 15) is 30.6 Å². The summed E-state index contributed by atoms with van der Waals surface area (Å²) in [5.74, 6) is 1.29. The van der Waals surface area contributed by atoms with E-state index >= 15 is 0 Å². The van der Waals surface area contributed by atoms with Crippen LogP contribution in [0.25, 0.3) is 0 Å². The molecule has 0 aliphatic rings. The molecule has 224 valence electrons. The molecule has 0 aromatic heterocycles. The van der Waals surface area contributed by atoms with Crippen molar-refractivity contribution in [3.63, 3.8) is 0 Å². The van der Waals surface area contributed by atoms with Gasteiger partial charge in [-0.15, -0.1) is 6.58 Å². The number of hydrogen-bond acceptors (Lipinski definition) is 12. The van der Waals surface area contributed by atoms with Gasteiger partial charge in [0.2, 0.25) is 0 Å². The summed E-state index contributed by atoms with van der Waals surface area (Å²) in [6.45, 7) is 2.68. The Kier molecular flexibility index (Phi) is 11.4. The Balaban J connectivity index is 2.78. The zero-order chi connectivity index (χ0) is 30.3. The van der Waals surface area contributed by atoms with Gasteiger partial charge in [-0.3, -0.25) is 0 Å². The Labute approximate surface area is 233 Å². The lowest BCUT2D eigenvalue weighted by Crippen LogP contribution is -2.66. The van der Waals surface area contributed by atoms with E-state index in [0.29, 0.717) is 5.75 Å². The fraction of sp³-hybridized carbons (Fsp3) is 0.500. The molecule has 0 amide bonds. The molecule has 12 heteroatoms.